The summed E-state index contributed by atoms with van der Waals surface area (Å²) in [6.45, 7) is 3.30. The summed E-state index contributed by atoms with van der Waals surface area (Å²) < 4.78 is 24.5. The number of carbonyl (C=O) groups is 1. The van der Waals surface area contributed by atoms with Crippen LogP contribution in [0, 0.1) is 6.92 Å². The van der Waals surface area contributed by atoms with Gasteiger partial charge in [0.05, 0.1) is 10.6 Å². The largest absolute Gasteiger partial charge is 0.341 e. The number of aryl methyl sites for hydroxylation is 1. The first kappa shape index (κ1) is 17.0. The van der Waals surface area contributed by atoms with E-state index < -0.39 is 9.84 Å². The van der Waals surface area contributed by atoms with Crippen LogP contribution in [0.15, 0.2) is 29.2 Å². The van der Waals surface area contributed by atoms with Gasteiger partial charge >= 0.3 is 0 Å². The molecule has 22 heavy (non-hydrogen) atoms. The maximum absolute atomic E-state index is 12.3. The Morgan fingerprint density at radius 3 is 2.64 bits per heavy atom. The third-order valence-electron chi connectivity index (χ3n) is 4.15. The first-order valence-electron chi connectivity index (χ1n) is 7.67. The third-order valence-corrected chi connectivity index (χ3v) is 5.88. The van der Waals surface area contributed by atoms with E-state index in [1.54, 1.807) is 29.2 Å². The smallest absolute Gasteiger partial charge is 0.223 e. The number of hydrogen-bond acceptors (Lipinski definition) is 4. The minimum absolute atomic E-state index is 0.0483. The van der Waals surface area contributed by atoms with E-state index >= 15 is 0 Å². The van der Waals surface area contributed by atoms with E-state index in [0.29, 0.717) is 12.6 Å². The van der Waals surface area contributed by atoms with Crippen molar-refractivity contribution in [2.45, 2.75) is 37.1 Å². The summed E-state index contributed by atoms with van der Waals surface area (Å²) in [6, 6.07) is 7.07. The van der Waals surface area contributed by atoms with Crippen LogP contribution in [0.1, 0.15) is 24.8 Å². The highest BCUT2D eigenvalue weighted by Gasteiger charge is 2.24. The number of hydrogen-bond donors (Lipinski definition) is 1. The van der Waals surface area contributed by atoms with E-state index in [9.17, 15) is 13.2 Å². The number of amides is 1. The highest BCUT2D eigenvalue weighted by Crippen LogP contribution is 2.15. The Kier molecular flexibility index (Phi) is 5.58. The molecule has 122 valence electrons. The molecule has 1 N–H and O–H groups in total. The Hall–Kier alpha value is -1.40. The lowest BCUT2D eigenvalue weighted by molar-refractivity contribution is -0.132. The minimum atomic E-state index is -3.39. The summed E-state index contributed by atoms with van der Waals surface area (Å²) >= 11 is 0. The zero-order chi connectivity index (χ0) is 16.2. The summed E-state index contributed by atoms with van der Waals surface area (Å²) in [7, 11) is -1.50. The van der Waals surface area contributed by atoms with Crippen LogP contribution in [0.5, 0.6) is 0 Å². The van der Waals surface area contributed by atoms with Gasteiger partial charge in [-0.2, -0.15) is 0 Å². The Morgan fingerprint density at radius 2 is 2.00 bits per heavy atom. The topological polar surface area (TPSA) is 66.5 Å². The second-order valence-electron chi connectivity index (χ2n) is 5.85. The number of likely N-dealkylation sites (tertiary alicyclic amines) is 1. The van der Waals surface area contributed by atoms with Crippen molar-refractivity contribution in [1.82, 2.24) is 10.2 Å². The van der Waals surface area contributed by atoms with Crippen LogP contribution in [0.3, 0.4) is 0 Å². The molecule has 1 saturated heterocycles. The van der Waals surface area contributed by atoms with Gasteiger partial charge in [0.2, 0.25) is 5.91 Å². The van der Waals surface area contributed by atoms with Crippen LogP contribution in [0.2, 0.25) is 0 Å². The van der Waals surface area contributed by atoms with Gasteiger partial charge in [-0.15, -0.1) is 0 Å². The first-order chi connectivity index (χ1) is 10.4. The van der Waals surface area contributed by atoms with Gasteiger partial charge in [0.1, 0.15) is 0 Å². The van der Waals surface area contributed by atoms with Gasteiger partial charge in [-0.1, -0.05) is 17.7 Å². The average Bonchev–Trinajstić information content (AvgIpc) is 2.53. The molecule has 1 fully saturated rings. The molecule has 0 bridgehead atoms. The van der Waals surface area contributed by atoms with Crippen LogP contribution < -0.4 is 5.32 Å². The first-order valence-corrected chi connectivity index (χ1v) is 9.32. The molecule has 2 rings (SSSR count). The molecule has 5 nitrogen and oxygen atoms in total. The fraction of sp³-hybridized carbons (Fsp3) is 0.562. The fourth-order valence-corrected chi connectivity index (χ4v) is 3.91. The molecule has 1 heterocycles. The van der Waals surface area contributed by atoms with Crippen molar-refractivity contribution < 1.29 is 13.2 Å². The predicted molar refractivity (Wildman–Crippen MR) is 86.5 cm³/mol. The number of carbonyl (C=O) groups excluding carboxylic acids is 1. The quantitative estimate of drug-likeness (QED) is 0.888. The summed E-state index contributed by atoms with van der Waals surface area (Å²) in [6.07, 6.45) is 2.07. The average molecular weight is 324 g/mol. The van der Waals surface area contributed by atoms with Crippen molar-refractivity contribution in [3.63, 3.8) is 0 Å². The summed E-state index contributed by atoms with van der Waals surface area (Å²) in [4.78, 5) is 14.3. The summed E-state index contributed by atoms with van der Waals surface area (Å²) in [5.74, 6) is -0.203. The summed E-state index contributed by atoms with van der Waals surface area (Å²) in [5.41, 5.74) is 1.02. The molecular formula is C16H24N2O3S. The highest BCUT2D eigenvalue weighted by atomic mass is 32.2. The van der Waals surface area contributed by atoms with Gasteiger partial charge in [-0.25, -0.2) is 8.42 Å². The molecule has 1 aromatic rings. The molecule has 1 aliphatic rings. The lowest BCUT2D eigenvalue weighted by Crippen LogP contribution is -2.47. The molecule has 0 spiro atoms. The van der Waals surface area contributed by atoms with Crippen molar-refractivity contribution >= 4 is 15.7 Å². The van der Waals surface area contributed by atoms with E-state index in [2.05, 4.69) is 5.32 Å². The monoisotopic (exact) mass is 324 g/mol. The van der Waals surface area contributed by atoms with Crippen molar-refractivity contribution in [2.24, 2.45) is 0 Å². The minimum Gasteiger partial charge on any atom is -0.341 e. The molecule has 0 aliphatic carbocycles. The number of rotatable bonds is 5. The maximum Gasteiger partial charge on any atom is 0.223 e. The van der Waals surface area contributed by atoms with Crippen LogP contribution >= 0.6 is 0 Å². The Balaban J connectivity index is 1.94. The van der Waals surface area contributed by atoms with E-state index in [0.717, 1.165) is 24.9 Å². The molecule has 1 atom stereocenters. The van der Waals surface area contributed by atoms with Crippen LogP contribution in [-0.2, 0) is 14.6 Å². The Labute approximate surface area is 132 Å². The molecule has 6 heteroatoms. The SMILES string of the molecule is CNC1CCCN(C(=O)CCS(=O)(=O)c2ccc(C)cc2)C1. The van der Waals surface area contributed by atoms with Crippen molar-refractivity contribution in [1.29, 1.82) is 0 Å². The van der Waals surface area contributed by atoms with E-state index in [1.807, 2.05) is 14.0 Å². The zero-order valence-corrected chi connectivity index (χ0v) is 14.0. The summed E-state index contributed by atoms with van der Waals surface area (Å²) in [5, 5.41) is 3.18. The highest BCUT2D eigenvalue weighted by molar-refractivity contribution is 7.91. The Morgan fingerprint density at radius 1 is 1.32 bits per heavy atom. The second kappa shape index (κ2) is 7.24. The number of likely N-dealkylation sites (N-methyl/N-ethyl adjacent to an activating group) is 1. The van der Waals surface area contributed by atoms with Crippen molar-refractivity contribution in [3.8, 4) is 0 Å². The molecule has 0 aromatic heterocycles. The Bertz CT molecular complexity index is 611. The zero-order valence-electron chi connectivity index (χ0n) is 13.2. The number of nitrogens with zero attached hydrogens (tertiary/aromatic N) is 1. The van der Waals surface area contributed by atoms with Crippen molar-refractivity contribution in [3.05, 3.63) is 29.8 Å². The molecule has 0 saturated carbocycles. The number of sulfone groups is 1. The molecule has 1 unspecified atom stereocenters. The van der Waals surface area contributed by atoms with Gasteiger partial charge in [-0.3, -0.25) is 4.79 Å². The van der Waals surface area contributed by atoms with E-state index in [4.69, 9.17) is 0 Å². The van der Waals surface area contributed by atoms with Crippen LogP contribution in [0.25, 0.3) is 0 Å². The molecule has 1 amide bonds. The molecule has 1 aromatic carbocycles. The van der Waals surface area contributed by atoms with Gasteiger partial charge < -0.3 is 10.2 Å². The second-order valence-corrected chi connectivity index (χ2v) is 7.96. The van der Waals surface area contributed by atoms with E-state index in [1.165, 1.54) is 0 Å². The molecule has 0 radical (unpaired) electrons. The normalized spacial score (nSPS) is 19.2. The van der Waals surface area contributed by atoms with E-state index in [-0.39, 0.29) is 23.0 Å². The maximum atomic E-state index is 12.3. The standard InChI is InChI=1S/C16H24N2O3S/c1-13-5-7-15(8-6-13)22(20,21)11-9-16(19)18-10-3-4-14(12-18)17-2/h5-8,14,17H,3-4,9-12H2,1-2H3. The fourth-order valence-electron chi connectivity index (χ4n) is 2.68. The lowest BCUT2D eigenvalue weighted by atomic mass is 10.1. The molecule has 1 aliphatic heterocycles. The van der Waals surface area contributed by atoms with Gasteiger partial charge in [0.25, 0.3) is 0 Å². The lowest BCUT2D eigenvalue weighted by Gasteiger charge is -2.32. The van der Waals surface area contributed by atoms with Crippen LogP contribution in [0.4, 0.5) is 0 Å². The van der Waals surface area contributed by atoms with Crippen molar-refractivity contribution in [2.75, 3.05) is 25.9 Å². The predicted octanol–water partition coefficient (Wildman–Crippen LogP) is 1.37. The number of benzene rings is 1. The van der Waals surface area contributed by atoms with Gasteiger partial charge in [0.15, 0.2) is 9.84 Å². The van der Waals surface area contributed by atoms with Gasteiger partial charge in [0, 0.05) is 25.6 Å². The van der Waals surface area contributed by atoms with Crippen LogP contribution in [-0.4, -0.2) is 51.2 Å². The third kappa shape index (κ3) is 4.30. The van der Waals surface area contributed by atoms with Gasteiger partial charge in [-0.05, 0) is 38.9 Å². The number of piperidine rings is 1. The molecular weight excluding hydrogens is 300 g/mol. The number of nitrogens with one attached hydrogen (secondary N) is 1.